The first-order chi connectivity index (χ1) is 8.31. The molecular formula is C14H22N2O. The van der Waals surface area contributed by atoms with E-state index in [1.807, 2.05) is 6.07 Å². The van der Waals surface area contributed by atoms with E-state index in [2.05, 4.69) is 35.3 Å². The lowest BCUT2D eigenvalue weighted by Gasteiger charge is -2.33. The normalized spacial score (nSPS) is 21.4. The largest absolute Gasteiger partial charge is 0.497 e. The highest BCUT2D eigenvalue weighted by Crippen LogP contribution is 2.15. The van der Waals surface area contributed by atoms with E-state index in [1.165, 1.54) is 12.0 Å². The van der Waals surface area contributed by atoms with Crippen LogP contribution >= 0.6 is 0 Å². The van der Waals surface area contributed by atoms with Crippen molar-refractivity contribution in [3.63, 3.8) is 0 Å². The van der Waals surface area contributed by atoms with Gasteiger partial charge in [-0.2, -0.15) is 0 Å². The van der Waals surface area contributed by atoms with Gasteiger partial charge in [0.15, 0.2) is 0 Å². The summed E-state index contributed by atoms with van der Waals surface area (Å²) in [6.07, 6.45) is 1.20. The van der Waals surface area contributed by atoms with Crippen LogP contribution in [0.4, 0.5) is 0 Å². The molecule has 0 aliphatic carbocycles. The SMILES string of the molecule is CCC1CN(Cc2cccc(OC)c2)CCN1. The third-order valence-electron chi connectivity index (χ3n) is 3.37. The van der Waals surface area contributed by atoms with Crippen molar-refractivity contribution in [2.45, 2.75) is 25.9 Å². The van der Waals surface area contributed by atoms with Gasteiger partial charge in [-0.25, -0.2) is 0 Å². The van der Waals surface area contributed by atoms with Crippen molar-refractivity contribution in [2.75, 3.05) is 26.7 Å². The van der Waals surface area contributed by atoms with E-state index < -0.39 is 0 Å². The molecule has 3 nitrogen and oxygen atoms in total. The van der Waals surface area contributed by atoms with E-state index in [0.717, 1.165) is 31.9 Å². The first kappa shape index (κ1) is 12.4. The maximum Gasteiger partial charge on any atom is 0.119 e. The summed E-state index contributed by atoms with van der Waals surface area (Å²) < 4.78 is 5.26. The molecule has 1 unspecified atom stereocenters. The maximum absolute atomic E-state index is 5.26. The van der Waals surface area contributed by atoms with Crippen molar-refractivity contribution >= 4 is 0 Å². The molecule has 1 aromatic rings. The van der Waals surface area contributed by atoms with Crippen LogP contribution in [-0.4, -0.2) is 37.7 Å². The summed E-state index contributed by atoms with van der Waals surface area (Å²) in [6.45, 7) is 6.64. The predicted octanol–water partition coefficient (Wildman–Crippen LogP) is 1.88. The van der Waals surface area contributed by atoms with E-state index in [4.69, 9.17) is 4.74 Å². The minimum Gasteiger partial charge on any atom is -0.497 e. The molecule has 0 saturated carbocycles. The lowest BCUT2D eigenvalue weighted by molar-refractivity contribution is 0.190. The summed E-state index contributed by atoms with van der Waals surface area (Å²) in [5.74, 6) is 0.949. The molecule has 0 bridgehead atoms. The first-order valence-corrected chi connectivity index (χ1v) is 6.40. The Labute approximate surface area is 104 Å². The Hall–Kier alpha value is -1.06. The molecule has 2 rings (SSSR count). The van der Waals surface area contributed by atoms with Gasteiger partial charge in [0.2, 0.25) is 0 Å². The van der Waals surface area contributed by atoms with Gasteiger partial charge in [0.1, 0.15) is 5.75 Å². The van der Waals surface area contributed by atoms with Crippen LogP contribution in [0.3, 0.4) is 0 Å². The summed E-state index contributed by atoms with van der Waals surface area (Å²) in [5.41, 5.74) is 1.33. The first-order valence-electron chi connectivity index (χ1n) is 6.40. The van der Waals surface area contributed by atoms with Crippen molar-refractivity contribution in [3.8, 4) is 5.75 Å². The molecule has 94 valence electrons. The molecule has 1 fully saturated rings. The monoisotopic (exact) mass is 234 g/mol. The van der Waals surface area contributed by atoms with Gasteiger partial charge in [-0.3, -0.25) is 4.90 Å². The van der Waals surface area contributed by atoms with Crippen LogP contribution in [0, 0.1) is 0 Å². The second-order valence-corrected chi connectivity index (χ2v) is 4.65. The summed E-state index contributed by atoms with van der Waals surface area (Å²) in [6, 6.07) is 9.01. The molecule has 1 aromatic carbocycles. The zero-order valence-electron chi connectivity index (χ0n) is 10.8. The number of ether oxygens (including phenoxy) is 1. The molecule has 0 aromatic heterocycles. The summed E-state index contributed by atoms with van der Waals surface area (Å²) in [7, 11) is 1.72. The topological polar surface area (TPSA) is 24.5 Å². The lowest BCUT2D eigenvalue weighted by Crippen LogP contribution is -2.49. The van der Waals surface area contributed by atoms with E-state index in [1.54, 1.807) is 7.11 Å². The molecular weight excluding hydrogens is 212 g/mol. The van der Waals surface area contributed by atoms with Crippen LogP contribution in [0.25, 0.3) is 0 Å². The molecule has 0 radical (unpaired) electrons. The third kappa shape index (κ3) is 3.45. The summed E-state index contributed by atoms with van der Waals surface area (Å²) in [4.78, 5) is 2.51. The quantitative estimate of drug-likeness (QED) is 0.861. The number of piperazine rings is 1. The Morgan fingerprint density at radius 1 is 1.47 bits per heavy atom. The maximum atomic E-state index is 5.26. The van der Waals surface area contributed by atoms with E-state index in [-0.39, 0.29) is 0 Å². The summed E-state index contributed by atoms with van der Waals surface area (Å²) >= 11 is 0. The van der Waals surface area contributed by atoms with Gasteiger partial charge in [0.05, 0.1) is 7.11 Å². The highest BCUT2D eigenvalue weighted by molar-refractivity contribution is 5.28. The number of rotatable bonds is 4. The van der Waals surface area contributed by atoms with Gasteiger partial charge < -0.3 is 10.1 Å². The van der Waals surface area contributed by atoms with Crippen LogP contribution in [-0.2, 0) is 6.54 Å². The minimum absolute atomic E-state index is 0.648. The molecule has 1 aliphatic rings. The molecule has 1 atom stereocenters. The van der Waals surface area contributed by atoms with Crippen molar-refractivity contribution in [1.29, 1.82) is 0 Å². The molecule has 3 heteroatoms. The molecule has 0 spiro atoms. The fourth-order valence-electron chi connectivity index (χ4n) is 2.34. The summed E-state index contributed by atoms with van der Waals surface area (Å²) in [5, 5.41) is 3.54. The Bertz CT molecular complexity index is 354. The standard InChI is InChI=1S/C14H22N2O/c1-3-13-11-16(8-7-15-13)10-12-5-4-6-14(9-12)17-2/h4-6,9,13,15H,3,7-8,10-11H2,1-2H3. The van der Waals surface area contributed by atoms with Gasteiger partial charge >= 0.3 is 0 Å². The lowest BCUT2D eigenvalue weighted by atomic mass is 10.1. The van der Waals surface area contributed by atoms with Crippen LogP contribution in [0.2, 0.25) is 0 Å². The molecule has 17 heavy (non-hydrogen) atoms. The molecule has 1 saturated heterocycles. The Kier molecular flexibility index (Phi) is 4.40. The van der Waals surface area contributed by atoms with E-state index in [0.29, 0.717) is 6.04 Å². The zero-order chi connectivity index (χ0) is 12.1. The Morgan fingerprint density at radius 2 is 2.35 bits per heavy atom. The van der Waals surface area contributed by atoms with Crippen LogP contribution in [0.5, 0.6) is 5.75 Å². The average molecular weight is 234 g/mol. The smallest absolute Gasteiger partial charge is 0.119 e. The van der Waals surface area contributed by atoms with Crippen molar-refractivity contribution in [1.82, 2.24) is 10.2 Å². The third-order valence-corrected chi connectivity index (χ3v) is 3.37. The highest BCUT2D eigenvalue weighted by Gasteiger charge is 2.17. The van der Waals surface area contributed by atoms with Crippen LogP contribution < -0.4 is 10.1 Å². The average Bonchev–Trinajstić information content (AvgIpc) is 2.39. The molecule has 1 N–H and O–H groups in total. The zero-order valence-corrected chi connectivity index (χ0v) is 10.8. The minimum atomic E-state index is 0.648. The number of hydrogen-bond acceptors (Lipinski definition) is 3. The molecule has 1 heterocycles. The Balaban J connectivity index is 1.95. The van der Waals surface area contributed by atoms with E-state index in [9.17, 15) is 0 Å². The van der Waals surface area contributed by atoms with Crippen molar-refractivity contribution in [3.05, 3.63) is 29.8 Å². The van der Waals surface area contributed by atoms with Gasteiger partial charge in [0.25, 0.3) is 0 Å². The van der Waals surface area contributed by atoms with Crippen molar-refractivity contribution < 1.29 is 4.74 Å². The number of nitrogens with one attached hydrogen (secondary N) is 1. The highest BCUT2D eigenvalue weighted by atomic mass is 16.5. The van der Waals surface area contributed by atoms with Gasteiger partial charge in [-0.05, 0) is 24.1 Å². The number of hydrogen-bond donors (Lipinski definition) is 1. The van der Waals surface area contributed by atoms with E-state index >= 15 is 0 Å². The second kappa shape index (κ2) is 6.03. The van der Waals surface area contributed by atoms with Crippen LogP contribution in [0.1, 0.15) is 18.9 Å². The van der Waals surface area contributed by atoms with Crippen LogP contribution in [0.15, 0.2) is 24.3 Å². The van der Waals surface area contributed by atoms with Gasteiger partial charge in [-0.15, -0.1) is 0 Å². The fourth-order valence-corrected chi connectivity index (χ4v) is 2.34. The Morgan fingerprint density at radius 3 is 3.12 bits per heavy atom. The molecule has 0 amide bonds. The fraction of sp³-hybridized carbons (Fsp3) is 0.571. The van der Waals surface area contributed by atoms with Crippen molar-refractivity contribution in [2.24, 2.45) is 0 Å². The number of nitrogens with zero attached hydrogens (tertiary/aromatic N) is 1. The number of benzene rings is 1. The van der Waals surface area contributed by atoms with Gasteiger partial charge in [0, 0.05) is 32.2 Å². The number of methoxy groups -OCH3 is 1. The van der Waals surface area contributed by atoms with Gasteiger partial charge in [-0.1, -0.05) is 19.1 Å². The second-order valence-electron chi connectivity index (χ2n) is 4.65. The predicted molar refractivity (Wildman–Crippen MR) is 70.4 cm³/mol. The molecule has 1 aliphatic heterocycles.